The lowest BCUT2D eigenvalue weighted by Gasteiger charge is -2.28. The number of amides is 1. The van der Waals surface area contributed by atoms with Crippen LogP contribution >= 0.6 is 0 Å². The molecule has 1 amide bonds. The lowest BCUT2D eigenvalue weighted by molar-refractivity contribution is -0.123. The molecular weight excluding hydrogens is 292 g/mol. The Hall–Kier alpha value is -1.88. The highest BCUT2D eigenvalue weighted by molar-refractivity contribution is 5.94. The van der Waals surface area contributed by atoms with E-state index in [0.29, 0.717) is 37.3 Å². The molecule has 0 atom stereocenters. The monoisotopic (exact) mass is 318 g/mol. The quantitative estimate of drug-likeness (QED) is 0.570. The number of hydrogen-bond donors (Lipinski definition) is 2. The van der Waals surface area contributed by atoms with Gasteiger partial charge in [-0.05, 0) is 38.3 Å². The van der Waals surface area contributed by atoms with Gasteiger partial charge in [0.25, 0.3) is 0 Å². The van der Waals surface area contributed by atoms with Crippen LogP contribution in [0.25, 0.3) is 0 Å². The van der Waals surface area contributed by atoms with Crippen LogP contribution < -0.4 is 15.8 Å². The maximum atomic E-state index is 12.1. The van der Waals surface area contributed by atoms with Crippen LogP contribution in [-0.4, -0.2) is 30.4 Å². The van der Waals surface area contributed by atoms with E-state index >= 15 is 0 Å². The molecule has 1 aromatic carbocycles. The van der Waals surface area contributed by atoms with E-state index in [1.54, 1.807) is 18.2 Å². The van der Waals surface area contributed by atoms with Crippen LogP contribution in [0.2, 0.25) is 0 Å². The predicted molar refractivity (Wildman–Crippen MR) is 89.6 cm³/mol. The molecule has 1 aliphatic rings. The van der Waals surface area contributed by atoms with Crippen LogP contribution in [0.15, 0.2) is 24.3 Å². The third-order valence-corrected chi connectivity index (χ3v) is 4.41. The molecule has 0 bridgehead atoms. The first-order valence-corrected chi connectivity index (χ1v) is 8.29. The van der Waals surface area contributed by atoms with Crippen LogP contribution in [0.1, 0.15) is 55.8 Å². The number of benzene rings is 1. The number of rotatable bonds is 8. The molecule has 1 aromatic rings. The molecule has 23 heavy (non-hydrogen) atoms. The zero-order valence-corrected chi connectivity index (χ0v) is 13.8. The molecule has 2 rings (SSSR count). The number of nitrogens with two attached hydrogens (primary N) is 1. The van der Waals surface area contributed by atoms with Crippen LogP contribution in [0.3, 0.4) is 0 Å². The summed E-state index contributed by atoms with van der Waals surface area (Å²) in [5, 5.41) is 3.10. The van der Waals surface area contributed by atoms with Crippen molar-refractivity contribution in [2.24, 2.45) is 5.73 Å². The van der Waals surface area contributed by atoms with Crippen molar-refractivity contribution in [1.82, 2.24) is 5.32 Å². The van der Waals surface area contributed by atoms with E-state index in [-0.39, 0.29) is 17.2 Å². The highest BCUT2D eigenvalue weighted by atomic mass is 16.5. The topological polar surface area (TPSA) is 81.4 Å². The molecule has 5 heteroatoms. The number of ether oxygens (including phenoxy) is 1. The van der Waals surface area contributed by atoms with E-state index < -0.39 is 0 Å². The van der Waals surface area contributed by atoms with Crippen LogP contribution in [0, 0.1) is 0 Å². The van der Waals surface area contributed by atoms with Gasteiger partial charge in [-0.15, -0.1) is 0 Å². The van der Waals surface area contributed by atoms with Gasteiger partial charge in [0.05, 0.1) is 12.1 Å². The van der Waals surface area contributed by atoms with Crippen molar-refractivity contribution in [3.8, 4) is 5.75 Å². The van der Waals surface area contributed by atoms with Crippen molar-refractivity contribution in [3.05, 3.63) is 29.8 Å². The number of hydrogen-bond acceptors (Lipinski definition) is 4. The van der Waals surface area contributed by atoms with Gasteiger partial charge in [0.15, 0.2) is 5.78 Å². The highest BCUT2D eigenvalue weighted by Crippen LogP contribution is 2.28. The normalized spacial score (nSPS) is 16.1. The predicted octanol–water partition coefficient (Wildman–Crippen LogP) is 2.44. The van der Waals surface area contributed by atoms with E-state index in [2.05, 4.69) is 5.32 Å². The van der Waals surface area contributed by atoms with Gasteiger partial charge < -0.3 is 15.8 Å². The Morgan fingerprint density at radius 3 is 2.70 bits per heavy atom. The summed E-state index contributed by atoms with van der Waals surface area (Å²) in [7, 11) is 0. The van der Waals surface area contributed by atoms with Crippen molar-refractivity contribution < 1.29 is 14.3 Å². The summed E-state index contributed by atoms with van der Waals surface area (Å²) in [6.45, 7) is 2.48. The summed E-state index contributed by atoms with van der Waals surface area (Å²) in [6, 6.07) is 7.10. The number of nitrogens with one attached hydrogen (secondary N) is 1. The Kier molecular flexibility index (Phi) is 6.16. The molecule has 0 unspecified atom stereocenters. The van der Waals surface area contributed by atoms with Crippen LogP contribution in [-0.2, 0) is 4.79 Å². The fourth-order valence-electron chi connectivity index (χ4n) is 3.02. The van der Waals surface area contributed by atoms with Crippen LogP contribution in [0.5, 0.6) is 5.75 Å². The van der Waals surface area contributed by atoms with Gasteiger partial charge in [-0.3, -0.25) is 9.59 Å². The Labute approximate surface area is 137 Å². The molecule has 3 N–H and O–H groups in total. The van der Waals surface area contributed by atoms with Crippen molar-refractivity contribution in [3.63, 3.8) is 0 Å². The highest BCUT2D eigenvalue weighted by Gasteiger charge is 2.33. The van der Waals surface area contributed by atoms with E-state index in [1.165, 1.54) is 6.92 Å². The Balaban J connectivity index is 1.71. The smallest absolute Gasteiger partial charge is 0.220 e. The minimum atomic E-state index is -0.187. The van der Waals surface area contributed by atoms with E-state index in [0.717, 1.165) is 25.7 Å². The fourth-order valence-corrected chi connectivity index (χ4v) is 3.02. The Morgan fingerprint density at radius 1 is 1.30 bits per heavy atom. The first kappa shape index (κ1) is 17.5. The van der Waals surface area contributed by atoms with Gasteiger partial charge in [-0.1, -0.05) is 25.0 Å². The van der Waals surface area contributed by atoms with Gasteiger partial charge in [-0.2, -0.15) is 0 Å². The molecule has 1 aliphatic carbocycles. The number of ketones is 1. The first-order valence-electron chi connectivity index (χ1n) is 8.29. The third kappa shape index (κ3) is 5.06. The molecule has 0 spiro atoms. The van der Waals surface area contributed by atoms with Crippen molar-refractivity contribution >= 4 is 11.7 Å². The summed E-state index contributed by atoms with van der Waals surface area (Å²) < 4.78 is 5.61. The molecule has 0 aliphatic heterocycles. The molecule has 0 saturated heterocycles. The molecule has 1 fully saturated rings. The molecule has 5 nitrogen and oxygen atoms in total. The molecule has 0 aromatic heterocycles. The average molecular weight is 318 g/mol. The van der Waals surface area contributed by atoms with E-state index in [1.807, 2.05) is 6.07 Å². The zero-order valence-electron chi connectivity index (χ0n) is 13.8. The Bertz CT molecular complexity index is 551. The molecule has 1 saturated carbocycles. The van der Waals surface area contributed by atoms with Gasteiger partial charge in [-0.25, -0.2) is 0 Å². The van der Waals surface area contributed by atoms with Gasteiger partial charge in [0, 0.05) is 18.5 Å². The lowest BCUT2D eigenvalue weighted by Crippen LogP contribution is -2.51. The minimum absolute atomic E-state index is 0.0125. The molecule has 126 valence electrons. The third-order valence-electron chi connectivity index (χ3n) is 4.41. The van der Waals surface area contributed by atoms with Gasteiger partial charge in [0.1, 0.15) is 5.75 Å². The SMILES string of the molecule is CC(=O)c1cccc(OCCCC(=O)NC2(CN)CCCC2)c1. The van der Waals surface area contributed by atoms with Gasteiger partial charge >= 0.3 is 0 Å². The summed E-state index contributed by atoms with van der Waals surface area (Å²) in [5.74, 6) is 0.712. The van der Waals surface area contributed by atoms with Crippen molar-refractivity contribution in [2.45, 2.75) is 51.0 Å². The fraction of sp³-hybridized carbons (Fsp3) is 0.556. The minimum Gasteiger partial charge on any atom is -0.494 e. The van der Waals surface area contributed by atoms with Crippen molar-refractivity contribution in [2.75, 3.05) is 13.2 Å². The second kappa shape index (κ2) is 8.11. The standard InChI is InChI=1S/C18H26N2O3/c1-14(21)15-6-4-7-16(12-15)23-11-5-8-17(22)20-18(13-19)9-2-3-10-18/h4,6-7,12H,2-3,5,8-11,13,19H2,1H3,(H,20,22). The first-order chi connectivity index (χ1) is 11.0. The maximum absolute atomic E-state index is 12.1. The number of carbonyl (C=O) groups excluding carboxylic acids is 2. The molecule has 0 heterocycles. The summed E-state index contributed by atoms with van der Waals surface area (Å²) in [5.41, 5.74) is 6.26. The summed E-state index contributed by atoms with van der Waals surface area (Å²) in [6.07, 6.45) is 5.28. The number of carbonyl (C=O) groups is 2. The van der Waals surface area contributed by atoms with Gasteiger partial charge in [0.2, 0.25) is 5.91 Å². The Morgan fingerprint density at radius 2 is 2.04 bits per heavy atom. The largest absolute Gasteiger partial charge is 0.494 e. The maximum Gasteiger partial charge on any atom is 0.220 e. The average Bonchev–Trinajstić information content (AvgIpc) is 3.01. The number of Topliss-reactive ketones (excluding diaryl/α,β-unsaturated/α-hetero) is 1. The summed E-state index contributed by atoms with van der Waals surface area (Å²) in [4.78, 5) is 23.4. The second-order valence-electron chi connectivity index (χ2n) is 6.28. The summed E-state index contributed by atoms with van der Waals surface area (Å²) >= 11 is 0. The van der Waals surface area contributed by atoms with Crippen molar-refractivity contribution in [1.29, 1.82) is 0 Å². The lowest BCUT2D eigenvalue weighted by atomic mass is 9.97. The zero-order chi connectivity index (χ0) is 16.7. The molecular formula is C18H26N2O3. The van der Waals surface area contributed by atoms with Crippen LogP contribution in [0.4, 0.5) is 0 Å². The van der Waals surface area contributed by atoms with E-state index in [4.69, 9.17) is 10.5 Å². The molecule has 0 radical (unpaired) electrons. The second-order valence-corrected chi connectivity index (χ2v) is 6.28. The van der Waals surface area contributed by atoms with E-state index in [9.17, 15) is 9.59 Å².